The SMILES string of the molecule is OC(c1ccc(OC(F)(F)F)cc1)c1nc2cc(OC(F)F)ccc2[nH]1. The van der Waals surface area contributed by atoms with Gasteiger partial charge in [0.05, 0.1) is 11.0 Å². The number of hydrogen-bond acceptors (Lipinski definition) is 4. The minimum Gasteiger partial charge on any atom is -0.435 e. The van der Waals surface area contributed by atoms with Crippen molar-refractivity contribution >= 4 is 11.0 Å². The summed E-state index contributed by atoms with van der Waals surface area (Å²) in [4.78, 5) is 6.91. The van der Waals surface area contributed by atoms with Crippen LogP contribution in [0.5, 0.6) is 11.5 Å². The van der Waals surface area contributed by atoms with Crippen LogP contribution in [0.2, 0.25) is 0 Å². The van der Waals surface area contributed by atoms with E-state index in [-0.39, 0.29) is 22.7 Å². The second-order valence-electron chi connectivity index (χ2n) is 5.20. The van der Waals surface area contributed by atoms with Gasteiger partial charge in [0.25, 0.3) is 0 Å². The lowest BCUT2D eigenvalue weighted by atomic mass is 10.1. The van der Waals surface area contributed by atoms with Gasteiger partial charge in [-0.1, -0.05) is 12.1 Å². The van der Waals surface area contributed by atoms with Crippen molar-refractivity contribution in [2.45, 2.75) is 19.1 Å². The van der Waals surface area contributed by atoms with Gasteiger partial charge in [-0.2, -0.15) is 8.78 Å². The first-order chi connectivity index (χ1) is 12.2. The highest BCUT2D eigenvalue weighted by Crippen LogP contribution is 2.28. The highest BCUT2D eigenvalue weighted by Gasteiger charge is 2.31. The summed E-state index contributed by atoms with van der Waals surface area (Å²) in [5, 5.41) is 10.3. The summed E-state index contributed by atoms with van der Waals surface area (Å²) in [5.74, 6) is -0.417. The predicted molar refractivity (Wildman–Crippen MR) is 79.9 cm³/mol. The average Bonchev–Trinajstić information content (AvgIpc) is 2.96. The molecule has 1 unspecified atom stereocenters. The number of aromatic nitrogens is 2. The zero-order chi connectivity index (χ0) is 18.9. The molecule has 1 heterocycles. The Balaban J connectivity index is 1.81. The molecule has 2 aromatic carbocycles. The van der Waals surface area contributed by atoms with Gasteiger partial charge in [-0.05, 0) is 29.8 Å². The van der Waals surface area contributed by atoms with E-state index in [2.05, 4.69) is 19.4 Å². The third kappa shape index (κ3) is 4.20. The standard InChI is InChI=1S/C16H11F5N2O3/c17-15(18)25-10-5-6-11-12(7-10)23-14(22-11)13(24)8-1-3-9(4-2-8)26-16(19,20)21/h1-7,13,15,24H,(H,22,23). The fraction of sp³-hybridized carbons (Fsp3) is 0.188. The van der Waals surface area contributed by atoms with Crippen LogP contribution in [0.4, 0.5) is 22.0 Å². The lowest BCUT2D eigenvalue weighted by molar-refractivity contribution is -0.274. The number of fused-ring (bicyclic) bond motifs is 1. The summed E-state index contributed by atoms with van der Waals surface area (Å²) in [5.41, 5.74) is 1.02. The maximum absolute atomic E-state index is 12.2. The van der Waals surface area contributed by atoms with Crippen molar-refractivity contribution in [2.75, 3.05) is 0 Å². The van der Waals surface area contributed by atoms with E-state index in [1.807, 2.05) is 0 Å². The molecule has 2 N–H and O–H groups in total. The van der Waals surface area contributed by atoms with Gasteiger partial charge in [0.2, 0.25) is 0 Å². The Labute approximate surface area is 143 Å². The number of aliphatic hydroxyl groups excluding tert-OH is 1. The number of alkyl halides is 5. The molecular formula is C16H11F5N2O3. The number of nitrogens with zero attached hydrogens (tertiary/aromatic N) is 1. The van der Waals surface area contributed by atoms with Crippen LogP contribution in [-0.2, 0) is 0 Å². The fourth-order valence-electron chi connectivity index (χ4n) is 2.32. The Hall–Kier alpha value is -2.88. The Bertz CT molecular complexity index is 893. The van der Waals surface area contributed by atoms with Gasteiger partial charge in [-0.3, -0.25) is 0 Å². The summed E-state index contributed by atoms with van der Waals surface area (Å²) in [6, 6.07) is 8.66. The van der Waals surface area contributed by atoms with Gasteiger partial charge in [-0.15, -0.1) is 13.2 Å². The molecule has 3 aromatic rings. The van der Waals surface area contributed by atoms with Gasteiger partial charge >= 0.3 is 13.0 Å². The number of aliphatic hydroxyl groups is 1. The zero-order valence-corrected chi connectivity index (χ0v) is 12.8. The number of hydrogen-bond donors (Lipinski definition) is 2. The minimum absolute atomic E-state index is 0.0892. The van der Waals surface area contributed by atoms with E-state index in [1.165, 1.54) is 30.3 Å². The summed E-state index contributed by atoms with van der Waals surface area (Å²) in [6.07, 6.45) is -6.07. The second-order valence-corrected chi connectivity index (χ2v) is 5.20. The van der Waals surface area contributed by atoms with Crippen molar-refractivity contribution in [3.05, 3.63) is 53.9 Å². The molecule has 0 aliphatic rings. The molecule has 0 radical (unpaired) electrons. The van der Waals surface area contributed by atoms with E-state index in [1.54, 1.807) is 0 Å². The third-order valence-electron chi connectivity index (χ3n) is 3.39. The Kier molecular flexibility index (Phi) is 4.68. The molecule has 0 aliphatic carbocycles. The van der Waals surface area contributed by atoms with Crippen molar-refractivity contribution < 1.29 is 36.5 Å². The average molecular weight is 374 g/mol. The largest absolute Gasteiger partial charge is 0.573 e. The Morgan fingerprint density at radius 1 is 1.00 bits per heavy atom. The number of aromatic amines is 1. The molecular weight excluding hydrogens is 363 g/mol. The molecule has 10 heteroatoms. The number of ether oxygens (including phenoxy) is 2. The van der Waals surface area contributed by atoms with E-state index in [0.717, 1.165) is 12.1 Å². The topological polar surface area (TPSA) is 67.4 Å². The highest BCUT2D eigenvalue weighted by atomic mass is 19.4. The predicted octanol–water partition coefficient (Wildman–Crippen LogP) is 4.14. The first kappa shape index (κ1) is 17.9. The van der Waals surface area contributed by atoms with Crippen LogP contribution in [0.15, 0.2) is 42.5 Å². The normalized spacial score (nSPS) is 13.2. The maximum atomic E-state index is 12.2. The summed E-state index contributed by atoms with van der Waals surface area (Å²) in [6.45, 7) is -2.98. The number of nitrogens with one attached hydrogen (secondary N) is 1. The number of H-pyrrole nitrogens is 1. The summed E-state index contributed by atoms with van der Waals surface area (Å²) < 4.78 is 69.0. The number of rotatable bonds is 5. The lowest BCUT2D eigenvalue weighted by Crippen LogP contribution is -2.17. The van der Waals surface area contributed by atoms with Gasteiger partial charge < -0.3 is 19.6 Å². The van der Waals surface area contributed by atoms with Crippen LogP contribution in [0.3, 0.4) is 0 Å². The summed E-state index contributed by atoms with van der Waals surface area (Å²) >= 11 is 0. The van der Waals surface area contributed by atoms with Crippen molar-refractivity contribution in [1.29, 1.82) is 0 Å². The van der Waals surface area contributed by atoms with Gasteiger partial charge in [-0.25, -0.2) is 4.98 Å². The molecule has 0 amide bonds. The molecule has 0 spiro atoms. The van der Waals surface area contributed by atoms with Crippen LogP contribution in [0.25, 0.3) is 11.0 Å². The van der Waals surface area contributed by atoms with Crippen molar-refractivity contribution in [1.82, 2.24) is 9.97 Å². The third-order valence-corrected chi connectivity index (χ3v) is 3.39. The minimum atomic E-state index is -4.81. The molecule has 138 valence electrons. The van der Waals surface area contributed by atoms with E-state index >= 15 is 0 Å². The van der Waals surface area contributed by atoms with Crippen LogP contribution >= 0.6 is 0 Å². The molecule has 1 aromatic heterocycles. The number of halogens is 5. The van der Waals surface area contributed by atoms with Gasteiger partial charge in [0.15, 0.2) is 0 Å². The van der Waals surface area contributed by atoms with Crippen molar-refractivity contribution in [2.24, 2.45) is 0 Å². The first-order valence-corrected chi connectivity index (χ1v) is 7.19. The molecule has 0 bridgehead atoms. The van der Waals surface area contributed by atoms with E-state index in [0.29, 0.717) is 5.52 Å². The monoisotopic (exact) mass is 374 g/mol. The highest BCUT2D eigenvalue weighted by molar-refractivity contribution is 5.77. The fourth-order valence-corrected chi connectivity index (χ4v) is 2.32. The summed E-state index contributed by atoms with van der Waals surface area (Å²) in [7, 11) is 0. The number of benzene rings is 2. The second kappa shape index (κ2) is 6.79. The quantitative estimate of drug-likeness (QED) is 0.659. The van der Waals surface area contributed by atoms with Crippen LogP contribution in [0.1, 0.15) is 17.5 Å². The molecule has 1 atom stereocenters. The smallest absolute Gasteiger partial charge is 0.435 e. The maximum Gasteiger partial charge on any atom is 0.573 e. The molecule has 3 rings (SSSR count). The van der Waals surface area contributed by atoms with Crippen molar-refractivity contribution in [3.8, 4) is 11.5 Å². The molecule has 5 nitrogen and oxygen atoms in total. The van der Waals surface area contributed by atoms with E-state index in [9.17, 15) is 27.1 Å². The zero-order valence-electron chi connectivity index (χ0n) is 12.8. The Morgan fingerprint density at radius 2 is 1.65 bits per heavy atom. The van der Waals surface area contributed by atoms with Crippen molar-refractivity contribution in [3.63, 3.8) is 0 Å². The van der Waals surface area contributed by atoms with E-state index < -0.39 is 24.8 Å². The van der Waals surface area contributed by atoms with Gasteiger partial charge in [0, 0.05) is 6.07 Å². The van der Waals surface area contributed by atoms with E-state index in [4.69, 9.17) is 0 Å². The molecule has 0 fully saturated rings. The first-order valence-electron chi connectivity index (χ1n) is 7.19. The number of imidazole rings is 1. The van der Waals surface area contributed by atoms with Crippen LogP contribution in [0, 0.1) is 0 Å². The molecule has 0 aliphatic heterocycles. The molecule has 0 saturated carbocycles. The lowest BCUT2D eigenvalue weighted by Gasteiger charge is -2.11. The Morgan fingerprint density at radius 3 is 2.27 bits per heavy atom. The molecule has 0 saturated heterocycles. The van der Waals surface area contributed by atoms with Gasteiger partial charge in [0.1, 0.15) is 23.4 Å². The van der Waals surface area contributed by atoms with Crippen LogP contribution in [-0.4, -0.2) is 28.0 Å². The molecule has 26 heavy (non-hydrogen) atoms. The van der Waals surface area contributed by atoms with Crippen LogP contribution < -0.4 is 9.47 Å².